The Balaban J connectivity index is 3.36. The second-order valence-corrected chi connectivity index (χ2v) is 6.86. The zero-order chi connectivity index (χ0) is 17.9. The molecule has 0 heterocycles. The first-order valence-corrected chi connectivity index (χ1v) is 7.83. The molecule has 0 saturated carbocycles. The highest BCUT2D eigenvalue weighted by Crippen LogP contribution is 2.30. The maximum Gasteiger partial charge on any atom is 0.341 e. The van der Waals surface area contributed by atoms with E-state index in [0.717, 1.165) is 12.1 Å². The molecule has 0 radical (unpaired) electrons. The lowest BCUT2D eigenvalue weighted by Gasteiger charge is -2.19. The van der Waals surface area contributed by atoms with Crippen LogP contribution in [0.1, 0.15) is 13.8 Å². The lowest BCUT2D eigenvalue weighted by molar-refractivity contribution is -0.384. The topological polar surface area (TPSA) is 127 Å². The SMILES string of the molecule is CC(C)[C@@H](Nc1ccc(S(=O)(=O)C(F)F)cc1[N+](=O)[O-])C(=O)O. The van der Waals surface area contributed by atoms with Crippen molar-refractivity contribution in [3.05, 3.63) is 28.3 Å². The van der Waals surface area contributed by atoms with Gasteiger partial charge in [-0.15, -0.1) is 0 Å². The number of sulfone groups is 1. The number of aliphatic carboxylic acids is 1. The zero-order valence-electron chi connectivity index (χ0n) is 12.1. The van der Waals surface area contributed by atoms with E-state index in [1.165, 1.54) is 0 Å². The Morgan fingerprint density at radius 3 is 2.30 bits per heavy atom. The quantitative estimate of drug-likeness (QED) is 0.568. The first kappa shape index (κ1) is 18.7. The second-order valence-electron chi connectivity index (χ2n) is 4.95. The van der Waals surface area contributed by atoms with Gasteiger partial charge in [-0.1, -0.05) is 13.8 Å². The van der Waals surface area contributed by atoms with Gasteiger partial charge < -0.3 is 10.4 Å². The molecule has 0 fully saturated rings. The molecule has 0 aliphatic carbocycles. The molecule has 23 heavy (non-hydrogen) atoms. The number of carboxylic acid groups (broad SMARTS) is 1. The van der Waals surface area contributed by atoms with Crippen LogP contribution in [-0.4, -0.2) is 36.2 Å². The summed E-state index contributed by atoms with van der Waals surface area (Å²) in [6.07, 6.45) is 0. The van der Waals surface area contributed by atoms with Crippen LogP contribution < -0.4 is 5.32 Å². The molecule has 0 aliphatic heterocycles. The van der Waals surface area contributed by atoms with E-state index in [0.29, 0.717) is 6.07 Å². The predicted octanol–water partition coefficient (Wildman–Crippen LogP) is 2.11. The Hall–Kier alpha value is -2.30. The van der Waals surface area contributed by atoms with Gasteiger partial charge >= 0.3 is 11.7 Å². The molecule has 1 aromatic rings. The van der Waals surface area contributed by atoms with E-state index < -0.39 is 49.0 Å². The summed E-state index contributed by atoms with van der Waals surface area (Å²) in [4.78, 5) is 20.2. The molecular weight excluding hydrogens is 338 g/mol. The van der Waals surface area contributed by atoms with Crippen LogP contribution in [0.2, 0.25) is 0 Å². The number of anilines is 1. The van der Waals surface area contributed by atoms with Crippen molar-refractivity contribution >= 4 is 27.2 Å². The molecule has 2 N–H and O–H groups in total. The van der Waals surface area contributed by atoms with Crippen molar-refractivity contribution < 1.29 is 32.0 Å². The fourth-order valence-corrected chi connectivity index (χ4v) is 2.48. The van der Waals surface area contributed by atoms with Gasteiger partial charge in [0.25, 0.3) is 5.69 Å². The Bertz CT molecular complexity index is 720. The molecular formula is C12H14F2N2O6S. The van der Waals surface area contributed by atoms with Crippen LogP contribution in [0.25, 0.3) is 0 Å². The lowest BCUT2D eigenvalue weighted by Crippen LogP contribution is -2.34. The van der Waals surface area contributed by atoms with Gasteiger partial charge in [-0.25, -0.2) is 13.2 Å². The van der Waals surface area contributed by atoms with Gasteiger partial charge in [-0.3, -0.25) is 10.1 Å². The maximum absolute atomic E-state index is 12.5. The normalized spacial score (nSPS) is 13.1. The molecule has 0 amide bonds. The van der Waals surface area contributed by atoms with E-state index >= 15 is 0 Å². The summed E-state index contributed by atoms with van der Waals surface area (Å²) in [5, 5.41) is 22.5. The van der Waals surface area contributed by atoms with Gasteiger partial charge in [0.2, 0.25) is 9.84 Å². The summed E-state index contributed by atoms with van der Waals surface area (Å²) in [6, 6.07) is 0.955. The van der Waals surface area contributed by atoms with Gasteiger partial charge in [0.15, 0.2) is 0 Å². The number of rotatable bonds is 7. The molecule has 11 heteroatoms. The van der Waals surface area contributed by atoms with E-state index in [1.807, 2.05) is 0 Å². The number of nitrogens with zero attached hydrogens (tertiary/aromatic N) is 1. The summed E-state index contributed by atoms with van der Waals surface area (Å²) in [7, 11) is -4.99. The highest BCUT2D eigenvalue weighted by Gasteiger charge is 2.30. The molecule has 128 valence electrons. The number of hydrogen-bond acceptors (Lipinski definition) is 6. The fraction of sp³-hybridized carbons (Fsp3) is 0.417. The maximum atomic E-state index is 12.5. The summed E-state index contributed by atoms with van der Waals surface area (Å²) >= 11 is 0. The molecule has 1 atom stereocenters. The van der Waals surface area contributed by atoms with Gasteiger partial charge in [0, 0.05) is 6.07 Å². The number of halogens is 2. The number of nitrogens with one attached hydrogen (secondary N) is 1. The molecule has 8 nitrogen and oxygen atoms in total. The van der Waals surface area contributed by atoms with Crippen LogP contribution >= 0.6 is 0 Å². The third-order valence-electron chi connectivity index (χ3n) is 2.97. The number of benzene rings is 1. The predicted molar refractivity (Wildman–Crippen MR) is 76.2 cm³/mol. The van der Waals surface area contributed by atoms with Crippen molar-refractivity contribution in [3.63, 3.8) is 0 Å². The smallest absolute Gasteiger partial charge is 0.341 e. The van der Waals surface area contributed by atoms with Crippen LogP contribution in [0.15, 0.2) is 23.1 Å². The highest BCUT2D eigenvalue weighted by molar-refractivity contribution is 7.91. The minimum atomic E-state index is -4.99. The number of hydrogen-bond donors (Lipinski definition) is 2. The highest BCUT2D eigenvalue weighted by atomic mass is 32.2. The van der Waals surface area contributed by atoms with Crippen LogP contribution in [0.4, 0.5) is 20.2 Å². The lowest BCUT2D eigenvalue weighted by atomic mass is 10.0. The number of nitro benzene ring substituents is 1. The largest absolute Gasteiger partial charge is 0.480 e. The number of alkyl halides is 2. The Morgan fingerprint density at radius 1 is 1.35 bits per heavy atom. The monoisotopic (exact) mass is 352 g/mol. The minimum absolute atomic E-state index is 0.274. The van der Waals surface area contributed by atoms with Crippen LogP contribution in [-0.2, 0) is 14.6 Å². The van der Waals surface area contributed by atoms with Gasteiger partial charge in [0.05, 0.1) is 9.82 Å². The third kappa shape index (κ3) is 4.12. The standard InChI is InChI=1S/C12H14F2N2O6S/c1-6(2)10(11(17)18)15-8-4-3-7(5-9(8)16(19)20)23(21,22)12(13)14/h3-6,10,12,15H,1-2H3,(H,17,18)/t10-/m1/s1. The molecule has 0 spiro atoms. The van der Waals surface area contributed by atoms with Gasteiger partial charge in [0.1, 0.15) is 11.7 Å². The van der Waals surface area contributed by atoms with Crippen molar-refractivity contribution in [3.8, 4) is 0 Å². The van der Waals surface area contributed by atoms with Crippen LogP contribution in [0.3, 0.4) is 0 Å². The van der Waals surface area contributed by atoms with Crippen LogP contribution in [0, 0.1) is 16.0 Å². The Labute approximate surface area is 130 Å². The molecule has 0 unspecified atom stereocenters. The van der Waals surface area contributed by atoms with Gasteiger partial charge in [-0.05, 0) is 18.1 Å². The number of carboxylic acids is 1. The Morgan fingerprint density at radius 2 is 1.91 bits per heavy atom. The molecule has 1 aromatic carbocycles. The third-order valence-corrected chi connectivity index (χ3v) is 4.35. The molecule has 0 aliphatic rings. The van der Waals surface area contributed by atoms with Crippen molar-refractivity contribution in [2.75, 3.05) is 5.32 Å². The average Bonchev–Trinajstić information content (AvgIpc) is 2.43. The average molecular weight is 352 g/mol. The molecule has 0 saturated heterocycles. The van der Waals surface area contributed by atoms with Crippen molar-refractivity contribution in [2.24, 2.45) is 5.92 Å². The minimum Gasteiger partial charge on any atom is -0.480 e. The summed E-state index contributed by atoms with van der Waals surface area (Å²) < 4.78 is 47.7. The summed E-state index contributed by atoms with van der Waals surface area (Å²) in [5.74, 6) is -5.42. The van der Waals surface area contributed by atoms with Crippen LogP contribution in [0.5, 0.6) is 0 Å². The van der Waals surface area contributed by atoms with E-state index in [1.54, 1.807) is 13.8 Å². The van der Waals surface area contributed by atoms with Crippen molar-refractivity contribution in [1.82, 2.24) is 0 Å². The summed E-state index contributed by atoms with van der Waals surface area (Å²) in [6.45, 7) is 3.13. The number of carbonyl (C=O) groups is 1. The van der Waals surface area contributed by atoms with E-state index in [9.17, 15) is 32.1 Å². The van der Waals surface area contributed by atoms with Crippen molar-refractivity contribution in [2.45, 2.75) is 30.5 Å². The summed E-state index contributed by atoms with van der Waals surface area (Å²) in [5.41, 5.74) is -1.08. The first-order chi connectivity index (χ1) is 10.5. The molecule has 0 bridgehead atoms. The first-order valence-electron chi connectivity index (χ1n) is 6.28. The van der Waals surface area contributed by atoms with Crippen molar-refractivity contribution in [1.29, 1.82) is 0 Å². The van der Waals surface area contributed by atoms with Gasteiger partial charge in [-0.2, -0.15) is 8.78 Å². The molecule has 1 rings (SSSR count). The zero-order valence-corrected chi connectivity index (χ0v) is 12.9. The van der Waals surface area contributed by atoms with E-state index in [-0.39, 0.29) is 5.69 Å². The number of nitro groups is 1. The second kappa shape index (κ2) is 6.86. The van der Waals surface area contributed by atoms with E-state index in [2.05, 4.69) is 5.32 Å². The molecule has 0 aromatic heterocycles. The van der Waals surface area contributed by atoms with E-state index in [4.69, 9.17) is 5.11 Å². The fourth-order valence-electron chi connectivity index (χ4n) is 1.75. The Kier molecular flexibility index (Phi) is 5.59.